The molecule has 0 saturated carbocycles. The molecule has 0 heterocycles. The molecule has 0 radical (unpaired) electrons. The third-order valence-corrected chi connectivity index (χ3v) is 3.03. The van der Waals surface area contributed by atoms with Gasteiger partial charge in [0, 0.05) is 13.6 Å². The Balaban J connectivity index is 2.84. The van der Waals surface area contributed by atoms with Crippen LogP contribution in [0.15, 0.2) is 24.3 Å². The van der Waals surface area contributed by atoms with Gasteiger partial charge in [-0.1, -0.05) is 28.1 Å². The number of alkyl halides is 4. The van der Waals surface area contributed by atoms with Crippen molar-refractivity contribution in [3.8, 4) is 6.07 Å². The van der Waals surface area contributed by atoms with E-state index in [1.54, 1.807) is 24.3 Å². The number of hydrogen-bond acceptors (Lipinski definition) is 2. The molecule has 1 rings (SSSR count). The standard InChI is InChI=1S/C11H10BrF3N2/c1-17(7-10(12)11(13,14)15)9-5-3-2-4-8(9)6-16/h2-5,10H,7H2,1H3. The van der Waals surface area contributed by atoms with E-state index in [9.17, 15) is 13.2 Å². The highest BCUT2D eigenvalue weighted by molar-refractivity contribution is 9.09. The van der Waals surface area contributed by atoms with Crippen LogP contribution in [0.25, 0.3) is 0 Å². The van der Waals surface area contributed by atoms with E-state index in [1.165, 1.54) is 11.9 Å². The fraction of sp³-hybridized carbons (Fsp3) is 0.364. The molecule has 6 heteroatoms. The zero-order chi connectivity index (χ0) is 13.1. The summed E-state index contributed by atoms with van der Waals surface area (Å²) in [6.07, 6.45) is -4.30. The van der Waals surface area contributed by atoms with Gasteiger partial charge in [0.25, 0.3) is 0 Å². The molecule has 0 N–H and O–H groups in total. The molecule has 0 aliphatic rings. The topological polar surface area (TPSA) is 27.0 Å². The van der Waals surface area contributed by atoms with Crippen molar-refractivity contribution in [2.24, 2.45) is 0 Å². The molecule has 0 fully saturated rings. The highest BCUT2D eigenvalue weighted by atomic mass is 79.9. The molecular weight excluding hydrogens is 297 g/mol. The van der Waals surface area contributed by atoms with Crippen LogP contribution in [0.4, 0.5) is 18.9 Å². The van der Waals surface area contributed by atoms with E-state index in [0.29, 0.717) is 11.3 Å². The van der Waals surface area contributed by atoms with Gasteiger partial charge in [-0.3, -0.25) is 0 Å². The van der Waals surface area contributed by atoms with Crippen molar-refractivity contribution in [2.75, 3.05) is 18.5 Å². The van der Waals surface area contributed by atoms with Gasteiger partial charge in [-0.15, -0.1) is 0 Å². The first kappa shape index (κ1) is 13.8. The van der Waals surface area contributed by atoms with E-state index < -0.39 is 11.0 Å². The number of nitrogens with zero attached hydrogens (tertiary/aromatic N) is 2. The summed E-state index contributed by atoms with van der Waals surface area (Å²) < 4.78 is 37.1. The molecule has 1 aromatic rings. The van der Waals surface area contributed by atoms with Gasteiger partial charge >= 0.3 is 6.18 Å². The first-order chi connectivity index (χ1) is 7.86. The molecule has 0 spiro atoms. The molecule has 0 bridgehead atoms. The van der Waals surface area contributed by atoms with Gasteiger partial charge in [0.05, 0.1) is 11.3 Å². The van der Waals surface area contributed by atoms with E-state index in [1.807, 2.05) is 6.07 Å². The first-order valence-electron chi connectivity index (χ1n) is 4.77. The van der Waals surface area contributed by atoms with E-state index in [0.717, 1.165) is 0 Å². The van der Waals surface area contributed by atoms with Crippen molar-refractivity contribution in [3.05, 3.63) is 29.8 Å². The molecule has 0 saturated heterocycles. The normalized spacial score (nSPS) is 12.9. The number of halogens is 4. The lowest BCUT2D eigenvalue weighted by Crippen LogP contribution is -2.35. The summed E-state index contributed by atoms with van der Waals surface area (Å²) in [5.41, 5.74) is 0.848. The zero-order valence-electron chi connectivity index (χ0n) is 9.00. The van der Waals surface area contributed by atoms with Crippen molar-refractivity contribution in [2.45, 2.75) is 11.0 Å². The number of para-hydroxylation sites is 1. The quantitative estimate of drug-likeness (QED) is 0.801. The summed E-state index contributed by atoms with van der Waals surface area (Å²) in [5, 5.41) is 8.85. The fourth-order valence-electron chi connectivity index (χ4n) is 1.34. The second-order valence-electron chi connectivity index (χ2n) is 3.52. The summed E-state index contributed by atoms with van der Waals surface area (Å²) in [6, 6.07) is 8.50. The Kier molecular flexibility index (Phi) is 4.40. The van der Waals surface area contributed by atoms with E-state index in [-0.39, 0.29) is 6.54 Å². The Morgan fingerprint density at radius 2 is 2.00 bits per heavy atom. The minimum Gasteiger partial charge on any atom is -0.372 e. The van der Waals surface area contributed by atoms with Gasteiger partial charge in [-0.2, -0.15) is 18.4 Å². The van der Waals surface area contributed by atoms with Gasteiger partial charge in [-0.25, -0.2) is 0 Å². The van der Waals surface area contributed by atoms with Gasteiger partial charge in [0.2, 0.25) is 0 Å². The fourth-order valence-corrected chi connectivity index (χ4v) is 1.78. The lowest BCUT2D eigenvalue weighted by atomic mass is 10.2. The van der Waals surface area contributed by atoms with Crippen molar-refractivity contribution in [1.82, 2.24) is 0 Å². The third kappa shape index (κ3) is 3.63. The number of hydrogen-bond donors (Lipinski definition) is 0. The minimum atomic E-state index is -4.30. The van der Waals surface area contributed by atoms with Crippen LogP contribution in [-0.4, -0.2) is 24.6 Å². The number of anilines is 1. The van der Waals surface area contributed by atoms with E-state index >= 15 is 0 Å². The molecule has 0 amide bonds. The van der Waals surface area contributed by atoms with E-state index in [4.69, 9.17) is 5.26 Å². The van der Waals surface area contributed by atoms with Crippen LogP contribution in [-0.2, 0) is 0 Å². The van der Waals surface area contributed by atoms with Gasteiger partial charge in [0.1, 0.15) is 10.9 Å². The molecule has 1 unspecified atom stereocenters. The maximum atomic E-state index is 12.4. The maximum Gasteiger partial charge on any atom is 0.402 e. The number of nitriles is 1. The summed E-state index contributed by atoms with van der Waals surface area (Å²) in [5.74, 6) is 0. The van der Waals surface area contributed by atoms with Crippen LogP contribution in [0.2, 0.25) is 0 Å². The van der Waals surface area contributed by atoms with Crippen LogP contribution in [0.3, 0.4) is 0 Å². The van der Waals surface area contributed by atoms with Gasteiger partial charge in [0.15, 0.2) is 0 Å². The molecule has 0 aliphatic heterocycles. The van der Waals surface area contributed by atoms with Crippen molar-refractivity contribution < 1.29 is 13.2 Å². The third-order valence-electron chi connectivity index (χ3n) is 2.23. The van der Waals surface area contributed by atoms with Crippen molar-refractivity contribution >= 4 is 21.6 Å². The van der Waals surface area contributed by atoms with Crippen LogP contribution in [0.1, 0.15) is 5.56 Å². The molecular formula is C11H10BrF3N2. The van der Waals surface area contributed by atoms with Crippen molar-refractivity contribution in [1.29, 1.82) is 5.26 Å². The molecule has 0 aliphatic carbocycles. The van der Waals surface area contributed by atoms with Gasteiger partial charge < -0.3 is 4.90 Å². The van der Waals surface area contributed by atoms with Crippen LogP contribution >= 0.6 is 15.9 Å². The largest absolute Gasteiger partial charge is 0.402 e. The first-order valence-corrected chi connectivity index (χ1v) is 5.69. The predicted octanol–water partition coefficient (Wildman–Crippen LogP) is 3.32. The average Bonchev–Trinajstić information content (AvgIpc) is 2.27. The zero-order valence-corrected chi connectivity index (χ0v) is 10.6. The summed E-state index contributed by atoms with van der Waals surface area (Å²) >= 11 is 2.59. The minimum absolute atomic E-state index is 0.248. The monoisotopic (exact) mass is 306 g/mol. The highest BCUT2D eigenvalue weighted by Gasteiger charge is 2.38. The smallest absolute Gasteiger partial charge is 0.372 e. The summed E-state index contributed by atoms with van der Waals surface area (Å²) in [6.45, 7) is -0.248. The second-order valence-corrected chi connectivity index (χ2v) is 4.62. The Labute approximate surface area is 106 Å². The Morgan fingerprint density at radius 1 is 1.41 bits per heavy atom. The Hall–Kier alpha value is -1.22. The number of rotatable bonds is 3. The summed E-state index contributed by atoms with van der Waals surface area (Å²) in [4.78, 5) is -0.211. The lowest BCUT2D eigenvalue weighted by molar-refractivity contribution is -0.125. The highest BCUT2D eigenvalue weighted by Crippen LogP contribution is 2.28. The molecule has 0 aromatic heterocycles. The second kappa shape index (κ2) is 5.41. The average molecular weight is 307 g/mol. The molecule has 1 atom stereocenters. The van der Waals surface area contributed by atoms with Gasteiger partial charge in [-0.05, 0) is 12.1 Å². The van der Waals surface area contributed by atoms with Crippen LogP contribution in [0.5, 0.6) is 0 Å². The Bertz CT molecular complexity index is 425. The lowest BCUT2D eigenvalue weighted by Gasteiger charge is -2.24. The summed E-state index contributed by atoms with van der Waals surface area (Å²) in [7, 11) is 1.52. The molecule has 17 heavy (non-hydrogen) atoms. The molecule has 2 nitrogen and oxygen atoms in total. The van der Waals surface area contributed by atoms with Crippen LogP contribution in [0, 0.1) is 11.3 Å². The molecule has 1 aromatic carbocycles. The van der Waals surface area contributed by atoms with Crippen molar-refractivity contribution in [3.63, 3.8) is 0 Å². The Morgan fingerprint density at radius 3 is 2.53 bits per heavy atom. The maximum absolute atomic E-state index is 12.4. The van der Waals surface area contributed by atoms with Crippen LogP contribution < -0.4 is 4.90 Å². The molecule has 92 valence electrons. The predicted molar refractivity (Wildman–Crippen MR) is 63.2 cm³/mol. The SMILES string of the molecule is CN(CC(Br)C(F)(F)F)c1ccccc1C#N. The van der Waals surface area contributed by atoms with E-state index in [2.05, 4.69) is 15.9 Å². The number of benzene rings is 1.